The molecule has 0 aromatic rings. The standard InChI is InChI=1S/C8H13F2NO2/c1-13-7(12)6-11-4-2-8(9,10)3-5-11/h2-6H2,1H3. The van der Waals surface area contributed by atoms with Gasteiger partial charge in [0.25, 0.3) is 5.92 Å². The van der Waals surface area contributed by atoms with Gasteiger partial charge in [-0.15, -0.1) is 0 Å². The third-order valence-electron chi connectivity index (χ3n) is 2.17. The number of nitrogens with zero attached hydrogens (tertiary/aromatic N) is 1. The molecule has 0 aromatic carbocycles. The Morgan fingerprint density at radius 1 is 1.46 bits per heavy atom. The summed E-state index contributed by atoms with van der Waals surface area (Å²) in [6.45, 7) is 0.650. The van der Waals surface area contributed by atoms with Crippen LogP contribution in [0.4, 0.5) is 8.78 Å². The molecule has 0 amide bonds. The molecule has 0 N–H and O–H groups in total. The van der Waals surface area contributed by atoms with Crippen molar-refractivity contribution < 1.29 is 18.3 Å². The number of piperidine rings is 1. The van der Waals surface area contributed by atoms with E-state index in [9.17, 15) is 13.6 Å². The summed E-state index contributed by atoms with van der Waals surface area (Å²) in [6, 6.07) is 0. The Labute approximate surface area is 75.7 Å². The van der Waals surface area contributed by atoms with E-state index in [2.05, 4.69) is 4.74 Å². The molecule has 76 valence electrons. The second-order valence-electron chi connectivity index (χ2n) is 3.21. The molecular formula is C8H13F2NO2. The van der Waals surface area contributed by atoms with Gasteiger partial charge < -0.3 is 4.74 Å². The lowest BCUT2D eigenvalue weighted by Crippen LogP contribution is -2.41. The van der Waals surface area contributed by atoms with E-state index in [0.29, 0.717) is 0 Å². The van der Waals surface area contributed by atoms with Crippen LogP contribution < -0.4 is 0 Å². The maximum atomic E-state index is 12.7. The zero-order valence-corrected chi connectivity index (χ0v) is 7.56. The van der Waals surface area contributed by atoms with Gasteiger partial charge in [0.05, 0.1) is 13.7 Å². The quantitative estimate of drug-likeness (QED) is 0.610. The fourth-order valence-corrected chi connectivity index (χ4v) is 1.29. The van der Waals surface area contributed by atoms with Crippen LogP contribution in [0.2, 0.25) is 0 Å². The Kier molecular flexibility index (Phi) is 3.19. The Morgan fingerprint density at radius 2 is 2.00 bits per heavy atom. The minimum atomic E-state index is -2.55. The first-order chi connectivity index (χ1) is 6.03. The van der Waals surface area contributed by atoms with E-state index >= 15 is 0 Å². The molecule has 3 nitrogen and oxygen atoms in total. The third-order valence-corrected chi connectivity index (χ3v) is 2.17. The molecule has 1 rings (SSSR count). The molecule has 0 aliphatic carbocycles. The monoisotopic (exact) mass is 193 g/mol. The topological polar surface area (TPSA) is 29.5 Å². The van der Waals surface area contributed by atoms with E-state index in [-0.39, 0.29) is 38.4 Å². The van der Waals surface area contributed by atoms with Crippen molar-refractivity contribution in [1.82, 2.24) is 4.90 Å². The van der Waals surface area contributed by atoms with Crippen LogP contribution in [-0.4, -0.2) is 43.5 Å². The number of methoxy groups -OCH3 is 1. The highest BCUT2D eigenvalue weighted by molar-refractivity contribution is 5.71. The van der Waals surface area contributed by atoms with Crippen molar-refractivity contribution in [2.24, 2.45) is 0 Å². The zero-order chi connectivity index (χ0) is 9.90. The molecule has 1 aliphatic heterocycles. The lowest BCUT2D eigenvalue weighted by molar-refractivity contribution is -0.143. The fraction of sp³-hybridized carbons (Fsp3) is 0.875. The van der Waals surface area contributed by atoms with E-state index in [1.165, 1.54) is 7.11 Å². The van der Waals surface area contributed by atoms with Crippen LogP contribution in [0.3, 0.4) is 0 Å². The molecule has 0 radical (unpaired) electrons. The zero-order valence-electron chi connectivity index (χ0n) is 7.56. The maximum Gasteiger partial charge on any atom is 0.319 e. The SMILES string of the molecule is COC(=O)CN1CCC(F)(F)CC1. The third kappa shape index (κ3) is 3.26. The molecule has 5 heteroatoms. The molecule has 1 aliphatic rings. The molecular weight excluding hydrogens is 180 g/mol. The number of halogens is 2. The predicted octanol–water partition coefficient (Wildman–Crippen LogP) is 0.890. The summed E-state index contributed by atoms with van der Waals surface area (Å²) in [4.78, 5) is 12.5. The summed E-state index contributed by atoms with van der Waals surface area (Å²) in [5.41, 5.74) is 0. The van der Waals surface area contributed by atoms with E-state index in [0.717, 1.165) is 0 Å². The van der Waals surface area contributed by atoms with Crippen molar-refractivity contribution in [3.63, 3.8) is 0 Å². The minimum absolute atomic E-state index is 0.118. The first-order valence-corrected chi connectivity index (χ1v) is 4.20. The van der Waals surface area contributed by atoms with Gasteiger partial charge in [-0.3, -0.25) is 9.69 Å². The van der Waals surface area contributed by atoms with Crippen LogP contribution in [0.15, 0.2) is 0 Å². The normalized spacial score (nSPS) is 22.7. The first-order valence-electron chi connectivity index (χ1n) is 4.20. The highest BCUT2D eigenvalue weighted by Crippen LogP contribution is 2.27. The van der Waals surface area contributed by atoms with E-state index in [4.69, 9.17) is 0 Å². The van der Waals surface area contributed by atoms with Crippen LogP contribution in [0.5, 0.6) is 0 Å². The average molecular weight is 193 g/mol. The van der Waals surface area contributed by atoms with Crippen molar-refractivity contribution in [3.8, 4) is 0 Å². The second kappa shape index (κ2) is 4.00. The predicted molar refractivity (Wildman–Crippen MR) is 42.6 cm³/mol. The van der Waals surface area contributed by atoms with Crippen LogP contribution in [0, 0.1) is 0 Å². The number of likely N-dealkylation sites (tertiary alicyclic amines) is 1. The summed E-state index contributed by atoms with van der Waals surface area (Å²) in [5.74, 6) is -2.92. The molecule has 0 bridgehead atoms. The van der Waals surface area contributed by atoms with Crippen molar-refractivity contribution in [2.45, 2.75) is 18.8 Å². The molecule has 13 heavy (non-hydrogen) atoms. The second-order valence-corrected chi connectivity index (χ2v) is 3.21. The summed E-state index contributed by atoms with van der Waals surface area (Å²) in [7, 11) is 1.29. The van der Waals surface area contributed by atoms with Crippen LogP contribution in [0.1, 0.15) is 12.8 Å². The number of hydrogen-bond acceptors (Lipinski definition) is 3. The van der Waals surface area contributed by atoms with Gasteiger partial charge in [0.15, 0.2) is 0 Å². The van der Waals surface area contributed by atoms with Crippen LogP contribution >= 0.6 is 0 Å². The van der Waals surface area contributed by atoms with Gasteiger partial charge >= 0.3 is 5.97 Å². The van der Waals surface area contributed by atoms with Gasteiger partial charge in [-0.2, -0.15) is 0 Å². The Hall–Kier alpha value is -0.710. The van der Waals surface area contributed by atoms with Gasteiger partial charge in [-0.1, -0.05) is 0 Å². The smallest absolute Gasteiger partial charge is 0.319 e. The summed E-state index contributed by atoms with van der Waals surface area (Å²) >= 11 is 0. The van der Waals surface area contributed by atoms with E-state index in [1.807, 2.05) is 0 Å². The first kappa shape index (κ1) is 10.4. The largest absolute Gasteiger partial charge is 0.468 e. The van der Waals surface area contributed by atoms with Gasteiger partial charge in [0, 0.05) is 25.9 Å². The lowest BCUT2D eigenvalue weighted by Gasteiger charge is -2.30. The number of carbonyl (C=O) groups is 1. The summed E-state index contributed by atoms with van der Waals surface area (Å²) in [6.07, 6.45) is -0.325. The molecule has 1 saturated heterocycles. The van der Waals surface area contributed by atoms with Gasteiger partial charge in [-0.05, 0) is 0 Å². The number of hydrogen-bond donors (Lipinski definition) is 0. The maximum absolute atomic E-state index is 12.7. The number of ether oxygens (including phenoxy) is 1. The average Bonchev–Trinajstić information content (AvgIpc) is 2.08. The van der Waals surface area contributed by atoms with Gasteiger partial charge in [0.2, 0.25) is 0 Å². The highest BCUT2D eigenvalue weighted by Gasteiger charge is 2.34. The fourth-order valence-electron chi connectivity index (χ4n) is 1.29. The molecule has 1 heterocycles. The molecule has 0 aromatic heterocycles. The van der Waals surface area contributed by atoms with Crippen molar-refractivity contribution in [2.75, 3.05) is 26.7 Å². The van der Waals surface area contributed by atoms with Gasteiger partial charge in [-0.25, -0.2) is 8.78 Å². The summed E-state index contributed by atoms with van der Waals surface area (Å²) in [5, 5.41) is 0. The van der Waals surface area contributed by atoms with E-state index in [1.54, 1.807) is 4.90 Å². The van der Waals surface area contributed by atoms with Crippen molar-refractivity contribution in [1.29, 1.82) is 0 Å². The van der Waals surface area contributed by atoms with Crippen molar-refractivity contribution in [3.05, 3.63) is 0 Å². The lowest BCUT2D eigenvalue weighted by atomic mass is 10.1. The number of rotatable bonds is 2. The molecule has 1 fully saturated rings. The van der Waals surface area contributed by atoms with Gasteiger partial charge in [0.1, 0.15) is 0 Å². The molecule has 0 spiro atoms. The summed E-state index contributed by atoms with van der Waals surface area (Å²) < 4.78 is 29.7. The van der Waals surface area contributed by atoms with Crippen LogP contribution in [0.25, 0.3) is 0 Å². The molecule has 0 unspecified atom stereocenters. The highest BCUT2D eigenvalue weighted by atomic mass is 19.3. The van der Waals surface area contributed by atoms with Crippen LogP contribution in [-0.2, 0) is 9.53 Å². The van der Waals surface area contributed by atoms with E-state index < -0.39 is 5.92 Å². The number of alkyl halides is 2. The Bertz CT molecular complexity index is 187. The number of carbonyl (C=O) groups excluding carboxylic acids is 1. The Balaban J connectivity index is 2.29. The molecule has 0 saturated carbocycles. The molecule has 0 atom stereocenters. The van der Waals surface area contributed by atoms with Crippen molar-refractivity contribution >= 4 is 5.97 Å². The Morgan fingerprint density at radius 3 is 2.46 bits per heavy atom. The number of esters is 1. The minimum Gasteiger partial charge on any atom is -0.468 e.